The van der Waals surface area contributed by atoms with Gasteiger partial charge in [-0.3, -0.25) is 0 Å². The molecule has 0 spiro atoms. The molecule has 2 N–H and O–H groups in total. The number of carboxylic acid groups (broad SMARTS) is 1. The number of hydrogen-bond donors (Lipinski definition) is 2. The topological polar surface area (TPSA) is 115 Å². The average Bonchev–Trinajstić information content (AvgIpc) is 2.90. The Hall–Kier alpha value is -3.31. The van der Waals surface area contributed by atoms with Crippen LogP contribution in [0.1, 0.15) is 21.7 Å². The summed E-state index contributed by atoms with van der Waals surface area (Å²) in [6.07, 6.45) is 0.577. The summed E-state index contributed by atoms with van der Waals surface area (Å²) in [5, 5.41) is 12.5. The summed E-state index contributed by atoms with van der Waals surface area (Å²) in [7, 11) is 0. The number of carboxylic acids is 1. The maximum absolute atomic E-state index is 11.0. The first kappa shape index (κ1) is 13.7. The minimum absolute atomic E-state index is 0.224. The number of azide groups is 1. The van der Waals surface area contributed by atoms with Crippen LogP contribution in [0.5, 0.6) is 0 Å². The fraction of sp³-hybridized carbons (Fsp3) is 0.0667. The van der Waals surface area contributed by atoms with Crippen molar-refractivity contribution in [2.24, 2.45) is 5.11 Å². The number of aromatic amines is 1. The largest absolute Gasteiger partial charge is 0.478 e. The second-order valence-corrected chi connectivity index (χ2v) is 4.75. The maximum atomic E-state index is 11.0. The smallest absolute Gasteiger partial charge is 0.335 e. The Bertz CT molecular complexity index is 892. The standard InChI is InChI=1S/C15H11N5O2/c16-20-19-11-4-1-9(2-5-11)7-14-17-12-6-3-10(15(21)22)8-13(12)18-14/h1-6,8H,7H2,(H,17,18)(H,21,22). The van der Waals surface area contributed by atoms with Gasteiger partial charge in [-0.1, -0.05) is 29.4 Å². The quantitative estimate of drug-likeness (QED) is 0.433. The third-order valence-corrected chi connectivity index (χ3v) is 3.25. The van der Waals surface area contributed by atoms with E-state index in [1.54, 1.807) is 24.3 Å². The molecule has 0 aliphatic heterocycles. The number of hydrogen-bond acceptors (Lipinski definition) is 3. The summed E-state index contributed by atoms with van der Waals surface area (Å²) in [5.41, 5.74) is 11.6. The van der Waals surface area contributed by atoms with Crippen LogP contribution in [0.3, 0.4) is 0 Å². The number of fused-ring (bicyclic) bond motifs is 1. The van der Waals surface area contributed by atoms with Crippen molar-refractivity contribution in [3.8, 4) is 0 Å². The molecule has 7 nitrogen and oxygen atoms in total. The first-order valence-electron chi connectivity index (χ1n) is 6.52. The van der Waals surface area contributed by atoms with Gasteiger partial charge in [0.2, 0.25) is 0 Å². The summed E-state index contributed by atoms with van der Waals surface area (Å²) in [5.74, 6) is -0.222. The SMILES string of the molecule is [N-]=[N+]=Nc1ccc(Cc2nc3ccc(C(=O)O)cc3[nH]2)cc1. The Labute approximate surface area is 124 Å². The predicted molar refractivity (Wildman–Crippen MR) is 81.1 cm³/mol. The van der Waals surface area contributed by atoms with Gasteiger partial charge >= 0.3 is 5.97 Å². The van der Waals surface area contributed by atoms with Gasteiger partial charge in [-0.15, -0.1) is 0 Å². The second kappa shape index (κ2) is 5.59. The molecular formula is C15H11N5O2. The van der Waals surface area contributed by atoms with E-state index in [9.17, 15) is 4.79 Å². The summed E-state index contributed by atoms with van der Waals surface area (Å²) in [4.78, 5) is 21.2. The minimum atomic E-state index is -0.966. The number of carbonyl (C=O) groups is 1. The van der Waals surface area contributed by atoms with Gasteiger partial charge < -0.3 is 10.1 Å². The molecule has 3 rings (SSSR count). The van der Waals surface area contributed by atoms with Crippen molar-refractivity contribution in [1.82, 2.24) is 9.97 Å². The molecule has 2 aromatic carbocycles. The molecule has 1 heterocycles. The van der Waals surface area contributed by atoms with Gasteiger partial charge in [-0.25, -0.2) is 9.78 Å². The van der Waals surface area contributed by atoms with Crippen LogP contribution >= 0.6 is 0 Å². The van der Waals surface area contributed by atoms with E-state index in [4.69, 9.17) is 10.6 Å². The average molecular weight is 293 g/mol. The summed E-state index contributed by atoms with van der Waals surface area (Å²) in [6, 6.07) is 12.0. The molecule has 0 radical (unpaired) electrons. The molecule has 1 aromatic heterocycles. The Morgan fingerprint density at radius 2 is 2.05 bits per heavy atom. The van der Waals surface area contributed by atoms with Gasteiger partial charge in [-0.2, -0.15) is 0 Å². The summed E-state index contributed by atoms with van der Waals surface area (Å²) < 4.78 is 0. The van der Waals surface area contributed by atoms with Crippen LogP contribution in [0.2, 0.25) is 0 Å². The molecule has 0 unspecified atom stereocenters. The van der Waals surface area contributed by atoms with Crippen LogP contribution in [0.4, 0.5) is 5.69 Å². The number of aromatic nitrogens is 2. The molecule has 7 heteroatoms. The highest BCUT2D eigenvalue weighted by Crippen LogP contribution is 2.18. The predicted octanol–water partition coefficient (Wildman–Crippen LogP) is 3.79. The van der Waals surface area contributed by atoms with Crippen molar-refractivity contribution in [3.05, 3.63) is 69.9 Å². The Kier molecular flexibility index (Phi) is 3.47. The van der Waals surface area contributed by atoms with Gasteiger partial charge in [0.05, 0.1) is 16.6 Å². The third-order valence-electron chi connectivity index (χ3n) is 3.25. The van der Waals surface area contributed by atoms with E-state index in [0.29, 0.717) is 17.6 Å². The van der Waals surface area contributed by atoms with Crippen molar-refractivity contribution < 1.29 is 9.90 Å². The molecule has 0 saturated carbocycles. The maximum Gasteiger partial charge on any atom is 0.335 e. The molecule has 0 atom stereocenters. The van der Waals surface area contributed by atoms with Crippen LogP contribution in [-0.4, -0.2) is 21.0 Å². The number of nitrogens with one attached hydrogen (secondary N) is 1. The third kappa shape index (κ3) is 2.74. The lowest BCUT2D eigenvalue weighted by atomic mass is 10.1. The lowest BCUT2D eigenvalue weighted by Crippen LogP contribution is -1.94. The van der Waals surface area contributed by atoms with Crippen molar-refractivity contribution in [2.45, 2.75) is 6.42 Å². The lowest BCUT2D eigenvalue weighted by Gasteiger charge is -1.98. The monoisotopic (exact) mass is 293 g/mol. The molecule has 0 bridgehead atoms. The fourth-order valence-corrected chi connectivity index (χ4v) is 2.20. The summed E-state index contributed by atoms with van der Waals surface area (Å²) in [6.45, 7) is 0. The first-order valence-corrected chi connectivity index (χ1v) is 6.52. The van der Waals surface area contributed by atoms with E-state index in [1.807, 2.05) is 12.1 Å². The van der Waals surface area contributed by atoms with Crippen molar-refractivity contribution >= 4 is 22.7 Å². The van der Waals surface area contributed by atoms with Crippen LogP contribution in [0.15, 0.2) is 47.6 Å². The number of aromatic carboxylic acids is 1. The van der Waals surface area contributed by atoms with Crippen molar-refractivity contribution in [3.63, 3.8) is 0 Å². The normalized spacial score (nSPS) is 10.4. The van der Waals surface area contributed by atoms with Gasteiger partial charge in [0, 0.05) is 17.0 Å². The first-order chi connectivity index (χ1) is 10.7. The van der Waals surface area contributed by atoms with E-state index >= 15 is 0 Å². The Balaban J connectivity index is 1.87. The zero-order valence-electron chi connectivity index (χ0n) is 11.4. The molecule has 0 saturated heterocycles. The zero-order valence-corrected chi connectivity index (χ0v) is 11.4. The van der Waals surface area contributed by atoms with Gasteiger partial charge in [0.25, 0.3) is 0 Å². The van der Waals surface area contributed by atoms with Crippen molar-refractivity contribution in [2.75, 3.05) is 0 Å². The number of H-pyrrole nitrogens is 1. The Morgan fingerprint density at radius 3 is 2.73 bits per heavy atom. The molecule has 0 aliphatic carbocycles. The number of nitrogens with zero attached hydrogens (tertiary/aromatic N) is 4. The molecular weight excluding hydrogens is 282 g/mol. The van der Waals surface area contributed by atoms with Gasteiger partial charge in [-0.05, 0) is 29.3 Å². The van der Waals surface area contributed by atoms with Crippen LogP contribution in [0.25, 0.3) is 21.5 Å². The van der Waals surface area contributed by atoms with E-state index < -0.39 is 5.97 Å². The van der Waals surface area contributed by atoms with E-state index in [2.05, 4.69) is 20.0 Å². The second-order valence-electron chi connectivity index (χ2n) is 4.75. The molecule has 0 aliphatic rings. The molecule has 0 fully saturated rings. The van der Waals surface area contributed by atoms with Crippen LogP contribution in [-0.2, 0) is 6.42 Å². The highest BCUT2D eigenvalue weighted by molar-refractivity contribution is 5.92. The molecule has 22 heavy (non-hydrogen) atoms. The Morgan fingerprint density at radius 1 is 1.27 bits per heavy atom. The van der Waals surface area contributed by atoms with Gasteiger partial charge in [0.1, 0.15) is 5.82 Å². The number of benzene rings is 2. The van der Waals surface area contributed by atoms with Gasteiger partial charge in [0.15, 0.2) is 0 Å². The molecule has 3 aromatic rings. The van der Waals surface area contributed by atoms with Crippen molar-refractivity contribution in [1.29, 1.82) is 0 Å². The van der Waals surface area contributed by atoms with E-state index in [-0.39, 0.29) is 5.56 Å². The minimum Gasteiger partial charge on any atom is -0.478 e. The van der Waals surface area contributed by atoms with E-state index in [1.165, 1.54) is 6.07 Å². The zero-order chi connectivity index (χ0) is 15.5. The highest BCUT2D eigenvalue weighted by Gasteiger charge is 2.08. The fourth-order valence-electron chi connectivity index (χ4n) is 2.20. The highest BCUT2D eigenvalue weighted by atomic mass is 16.4. The molecule has 0 amide bonds. The van der Waals surface area contributed by atoms with Crippen LogP contribution in [0, 0.1) is 0 Å². The van der Waals surface area contributed by atoms with E-state index in [0.717, 1.165) is 16.9 Å². The number of imidazole rings is 1. The summed E-state index contributed by atoms with van der Waals surface area (Å²) >= 11 is 0. The van der Waals surface area contributed by atoms with Crippen LogP contribution < -0.4 is 0 Å². The molecule has 108 valence electrons. The lowest BCUT2D eigenvalue weighted by molar-refractivity contribution is 0.0697. The number of rotatable bonds is 4.